The lowest BCUT2D eigenvalue weighted by molar-refractivity contribution is 0.199. The standard InChI is InChI=1S/C13H22N2O4S.ClH/c1-18-9-8-14-6-7-15-20(16,17)11-12-4-3-5-13(10-12)19-2;/h3-5,10,14-15H,6-9,11H2,1-2H3;1H. The molecule has 2 N–H and O–H groups in total. The molecule has 1 aromatic carbocycles. The first-order valence-corrected chi connectivity index (χ1v) is 8.02. The van der Waals surface area contributed by atoms with Crippen LogP contribution in [0.2, 0.25) is 0 Å². The molecule has 0 saturated carbocycles. The Hall–Kier alpha value is -0.860. The molecule has 0 aliphatic rings. The average Bonchev–Trinajstić information content (AvgIpc) is 2.42. The molecule has 8 heteroatoms. The Bertz CT molecular complexity index is 497. The number of hydrogen-bond donors (Lipinski definition) is 2. The molecule has 0 spiro atoms. The van der Waals surface area contributed by atoms with Gasteiger partial charge in [-0.25, -0.2) is 13.1 Å². The zero-order valence-corrected chi connectivity index (χ0v) is 13.9. The van der Waals surface area contributed by atoms with E-state index in [-0.39, 0.29) is 18.2 Å². The minimum Gasteiger partial charge on any atom is -0.497 e. The summed E-state index contributed by atoms with van der Waals surface area (Å²) in [6, 6.07) is 7.04. The number of ether oxygens (including phenoxy) is 2. The number of rotatable bonds is 10. The van der Waals surface area contributed by atoms with Crippen LogP contribution in [-0.4, -0.2) is 48.9 Å². The van der Waals surface area contributed by atoms with Gasteiger partial charge in [-0.05, 0) is 17.7 Å². The molecule has 21 heavy (non-hydrogen) atoms. The minimum absolute atomic E-state index is 0. The number of halogens is 1. The molecule has 0 unspecified atom stereocenters. The summed E-state index contributed by atoms with van der Waals surface area (Å²) in [5.41, 5.74) is 0.698. The first kappa shape index (κ1) is 20.1. The second-order valence-corrected chi connectivity index (χ2v) is 6.05. The SMILES string of the molecule is COCCNCCNS(=O)(=O)Cc1cccc(OC)c1.Cl. The second kappa shape index (κ2) is 10.8. The zero-order valence-electron chi connectivity index (χ0n) is 12.3. The third kappa shape index (κ3) is 8.90. The molecule has 0 aromatic heterocycles. The van der Waals surface area contributed by atoms with Gasteiger partial charge in [0.15, 0.2) is 0 Å². The fourth-order valence-electron chi connectivity index (χ4n) is 1.63. The summed E-state index contributed by atoms with van der Waals surface area (Å²) in [5.74, 6) is 0.598. The quantitative estimate of drug-likeness (QED) is 0.616. The third-order valence-corrected chi connectivity index (χ3v) is 3.95. The van der Waals surface area contributed by atoms with Gasteiger partial charge in [-0.1, -0.05) is 12.1 Å². The molecule has 0 saturated heterocycles. The van der Waals surface area contributed by atoms with Gasteiger partial charge in [-0.2, -0.15) is 0 Å². The Morgan fingerprint density at radius 1 is 1.14 bits per heavy atom. The maximum atomic E-state index is 11.9. The van der Waals surface area contributed by atoms with Gasteiger partial charge >= 0.3 is 0 Å². The Morgan fingerprint density at radius 3 is 2.57 bits per heavy atom. The highest BCUT2D eigenvalue weighted by Gasteiger charge is 2.11. The number of hydrogen-bond acceptors (Lipinski definition) is 5. The van der Waals surface area contributed by atoms with E-state index in [1.54, 1.807) is 38.5 Å². The fourth-order valence-corrected chi connectivity index (χ4v) is 2.76. The van der Waals surface area contributed by atoms with Crippen molar-refractivity contribution < 1.29 is 17.9 Å². The lowest BCUT2D eigenvalue weighted by atomic mass is 10.2. The number of methoxy groups -OCH3 is 2. The van der Waals surface area contributed by atoms with E-state index < -0.39 is 10.0 Å². The van der Waals surface area contributed by atoms with E-state index in [0.717, 1.165) is 0 Å². The minimum atomic E-state index is -3.33. The molecular weight excluding hydrogens is 316 g/mol. The van der Waals surface area contributed by atoms with Gasteiger partial charge in [0.2, 0.25) is 10.0 Å². The molecule has 1 aromatic rings. The molecule has 1 rings (SSSR count). The van der Waals surface area contributed by atoms with Gasteiger partial charge in [-0.3, -0.25) is 0 Å². The molecule has 6 nitrogen and oxygen atoms in total. The first-order chi connectivity index (χ1) is 9.57. The lowest BCUT2D eigenvalue weighted by Crippen LogP contribution is -2.33. The van der Waals surface area contributed by atoms with E-state index in [1.165, 1.54) is 0 Å². The van der Waals surface area contributed by atoms with Crippen molar-refractivity contribution in [3.63, 3.8) is 0 Å². The van der Waals surface area contributed by atoms with Crippen molar-refractivity contribution in [3.05, 3.63) is 29.8 Å². The molecule has 0 aliphatic carbocycles. The van der Waals surface area contributed by atoms with E-state index in [1.807, 2.05) is 0 Å². The summed E-state index contributed by atoms with van der Waals surface area (Å²) < 4.78 is 36.3. The molecule has 0 fully saturated rings. The van der Waals surface area contributed by atoms with Crippen LogP contribution in [-0.2, 0) is 20.5 Å². The molecular formula is C13H23ClN2O4S. The van der Waals surface area contributed by atoms with Crippen LogP contribution in [0, 0.1) is 0 Å². The predicted molar refractivity (Wildman–Crippen MR) is 85.6 cm³/mol. The monoisotopic (exact) mass is 338 g/mol. The summed E-state index contributed by atoms with van der Waals surface area (Å²) >= 11 is 0. The van der Waals surface area contributed by atoms with Crippen molar-refractivity contribution >= 4 is 22.4 Å². The molecule has 122 valence electrons. The molecule has 0 aliphatic heterocycles. The number of benzene rings is 1. The van der Waals surface area contributed by atoms with Crippen molar-refractivity contribution in [1.82, 2.24) is 10.0 Å². The average molecular weight is 339 g/mol. The van der Waals surface area contributed by atoms with E-state index >= 15 is 0 Å². The summed E-state index contributed by atoms with van der Waals surface area (Å²) in [5, 5.41) is 3.07. The van der Waals surface area contributed by atoms with Crippen LogP contribution >= 0.6 is 12.4 Å². The molecule has 0 radical (unpaired) electrons. The van der Waals surface area contributed by atoms with Gasteiger partial charge in [0.05, 0.1) is 19.5 Å². The van der Waals surface area contributed by atoms with Gasteiger partial charge < -0.3 is 14.8 Å². The van der Waals surface area contributed by atoms with Crippen molar-refractivity contribution in [2.75, 3.05) is 40.5 Å². The number of sulfonamides is 1. The van der Waals surface area contributed by atoms with E-state index in [9.17, 15) is 8.42 Å². The van der Waals surface area contributed by atoms with Crippen molar-refractivity contribution in [3.8, 4) is 5.75 Å². The molecule has 0 heterocycles. The van der Waals surface area contributed by atoms with Crippen molar-refractivity contribution in [1.29, 1.82) is 0 Å². The molecule has 0 atom stereocenters. The highest BCUT2D eigenvalue weighted by Crippen LogP contribution is 2.14. The van der Waals surface area contributed by atoms with Crippen LogP contribution in [0.1, 0.15) is 5.56 Å². The third-order valence-electron chi connectivity index (χ3n) is 2.60. The van der Waals surface area contributed by atoms with Gasteiger partial charge in [0.25, 0.3) is 0 Å². The number of nitrogens with one attached hydrogen (secondary N) is 2. The largest absolute Gasteiger partial charge is 0.497 e. The van der Waals surface area contributed by atoms with Gasteiger partial charge in [-0.15, -0.1) is 12.4 Å². The molecule has 0 amide bonds. The highest BCUT2D eigenvalue weighted by atomic mass is 35.5. The smallest absolute Gasteiger partial charge is 0.215 e. The van der Waals surface area contributed by atoms with E-state index in [2.05, 4.69) is 10.0 Å². The van der Waals surface area contributed by atoms with Crippen LogP contribution in [0.15, 0.2) is 24.3 Å². The maximum Gasteiger partial charge on any atom is 0.215 e. The fraction of sp³-hybridized carbons (Fsp3) is 0.538. The van der Waals surface area contributed by atoms with Gasteiger partial charge in [0.1, 0.15) is 5.75 Å². The Kier molecular flexibility index (Phi) is 10.4. The topological polar surface area (TPSA) is 76.7 Å². The Morgan fingerprint density at radius 2 is 1.90 bits per heavy atom. The Labute approximate surface area is 132 Å². The second-order valence-electron chi connectivity index (χ2n) is 4.25. The first-order valence-electron chi connectivity index (χ1n) is 6.37. The van der Waals surface area contributed by atoms with E-state index in [4.69, 9.17) is 9.47 Å². The zero-order chi connectivity index (χ0) is 14.8. The highest BCUT2D eigenvalue weighted by molar-refractivity contribution is 7.88. The normalized spacial score (nSPS) is 11.0. The lowest BCUT2D eigenvalue weighted by Gasteiger charge is -2.08. The van der Waals surface area contributed by atoms with Gasteiger partial charge in [0, 0.05) is 26.7 Å². The van der Waals surface area contributed by atoms with Crippen molar-refractivity contribution in [2.24, 2.45) is 0 Å². The maximum absolute atomic E-state index is 11.9. The molecule has 0 bridgehead atoms. The predicted octanol–water partition coefficient (Wildman–Crippen LogP) is 0.772. The van der Waals surface area contributed by atoms with E-state index in [0.29, 0.717) is 37.6 Å². The van der Waals surface area contributed by atoms with Crippen molar-refractivity contribution in [2.45, 2.75) is 5.75 Å². The van der Waals surface area contributed by atoms with Crippen LogP contribution < -0.4 is 14.8 Å². The van der Waals surface area contributed by atoms with Crippen LogP contribution in [0.25, 0.3) is 0 Å². The summed E-state index contributed by atoms with van der Waals surface area (Å²) in [6.07, 6.45) is 0. The summed E-state index contributed by atoms with van der Waals surface area (Å²) in [7, 11) is -0.153. The van der Waals surface area contributed by atoms with Crippen LogP contribution in [0.5, 0.6) is 5.75 Å². The Balaban J connectivity index is 0.00000400. The summed E-state index contributed by atoms with van der Waals surface area (Å²) in [6.45, 7) is 2.24. The summed E-state index contributed by atoms with van der Waals surface area (Å²) in [4.78, 5) is 0. The van der Waals surface area contributed by atoms with Crippen LogP contribution in [0.3, 0.4) is 0 Å². The van der Waals surface area contributed by atoms with Crippen LogP contribution in [0.4, 0.5) is 0 Å².